The highest BCUT2D eigenvalue weighted by molar-refractivity contribution is 5.77. The maximum atomic E-state index is 13.2. The third-order valence-corrected chi connectivity index (χ3v) is 11.1. The third kappa shape index (κ3) is 45.1. The summed E-state index contributed by atoms with van der Waals surface area (Å²) in [5, 5.41) is 23.7. The Labute approximate surface area is 394 Å². The minimum Gasteiger partial charge on any atom is -0.462 e. The third-order valence-electron chi connectivity index (χ3n) is 11.1. The van der Waals surface area contributed by atoms with Crippen LogP contribution in [0.5, 0.6) is 0 Å². The van der Waals surface area contributed by atoms with E-state index in [1.165, 1.54) is 77.0 Å². The number of hydrogen-bond acceptors (Lipinski definition) is 5. The average molecular weight is 888 g/mol. The summed E-state index contributed by atoms with van der Waals surface area (Å²) in [7, 11) is 0. The smallest absolute Gasteiger partial charge is 0.306 e. The first-order valence-corrected chi connectivity index (χ1v) is 26.1. The van der Waals surface area contributed by atoms with Gasteiger partial charge in [-0.2, -0.15) is 0 Å². The second-order valence-electron chi connectivity index (χ2n) is 17.2. The highest BCUT2D eigenvalue weighted by atomic mass is 16.5. The van der Waals surface area contributed by atoms with Crippen molar-refractivity contribution in [1.29, 1.82) is 0 Å². The second-order valence-corrected chi connectivity index (χ2v) is 17.2. The number of unbranched alkanes of at least 4 members (excludes halogenated alkanes) is 15. The molecule has 0 radical (unpaired) electrons. The SMILES string of the molecule is CC/C=C\C/C=C\C/C=C\C/C=C\C/C=C\CCCC(CC(=O)NC(CO)C(O)CCCCCCCCCCCCC)OC(=O)CCC/C=C\C/C=C\C/C=C\C/C=C\CCCCC. The van der Waals surface area contributed by atoms with Crippen LogP contribution in [0.25, 0.3) is 0 Å². The van der Waals surface area contributed by atoms with Gasteiger partial charge in [0.25, 0.3) is 0 Å². The zero-order chi connectivity index (χ0) is 46.7. The molecule has 0 saturated heterocycles. The van der Waals surface area contributed by atoms with Crippen LogP contribution in [0.3, 0.4) is 0 Å². The van der Waals surface area contributed by atoms with Crippen LogP contribution in [0.1, 0.15) is 220 Å². The molecule has 0 bridgehead atoms. The van der Waals surface area contributed by atoms with E-state index in [0.29, 0.717) is 25.7 Å². The molecule has 0 aromatic carbocycles. The second kappa shape index (κ2) is 50.5. The molecule has 6 nitrogen and oxygen atoms in total. The van der Waals surface area contributed by atoms with E-state index in [1.54, 1.807) is 0 Å². The highest BCUT2D eigenvalue weighted by Gasteiger charge is 2.24. The molecule has 3 atom stereocenters. The lowest BCUT2D eigenvalue weighted by atomic mass is 10.0. The molecule has 0 rings (SSSR count). The molecule has 0 aliphatic rings. The van der Waals surface area contributed by atoms with Crippen molar-refractivity contribution in [3.05, 3.63) is 109 Å². The van der Waals surface area contributed by atoms with Gasteiger partial charge in [-0.05, 0) is 103 Å². The van der Waals surface area contributed by atoms with Crippen LogP contribution in [0.2, 0.25) is 0 Å². The minimum absolute atomic E-state index is 0.0102. The fourth-order valence-corrected chi connectivity index (χ4v) is 7.16. The van der Waals surface area contributed by atoms with E-state index in [2.05, 4.69) is 135 Å². The molecular weight excluding hydrogens is 791 g/mol. The van der Waals surface area contributed by atoms with Crippen molar-refractivity contribution in [3.63, 3.8) is 0 Å². The average Bonchev–Trinajstić information content (AvgIpc) is 3.29. The molecule has 0 aromatic heterocycles. The first-order chi connectivity index (χ1) is 31.5. The van der Waals surface area contributed by atoms with Gasteiger partial charge in [0, 0.05) is 6.42 Å². The predicted molar refractivity (Wildman–Crippen MR) is 277 cm³/mol. The number of amides is 1. The van der Waals surface area contributed by atoms with Crippen LogP contribution in [-0.2, 0) is 14.3 Å². The number of rotatable bonds is 45. The lowest BCUT2D eigenvalue weighted by molar-refractivity contribution is -0.151. The Bertz CT molecular complexity index is 1320. The van der Waals surface area contributed by atoms with Crippen LogP contribution in [0.15, 0.2) is 109 Å². The molecule has 0 aromatic rings. The highest BCUT2D eigenvalue weighted by Crippen LogP contribution is 2.16. The summed E-state index contributed by atoms with van der Waals surface area (Å²) in [6.45, 7) is 6.29. The summed E-state index contributed by atoms with van der Waals surface area (Å²) in [5.74, 6) is -0.607. The fourth-order valence-electron chi connectivity index (χ4n) is 7.16. The zero-order valence-corrected chi connectivity index (χ0v) is 41.4. The first kappa shape index (κ1) is 60.5. The fraction of sp³-hybridized carbons (Fsp3) is 0.655. The van der Waals surface area contributed by atoms with E-state index in [9.17, 15) is 19.8 Å². The zero-order valence-electron chi connectivity index (χ0n) is 41.4. The van der Waals surface area contributed by atoms with Crippen molar-refractivity contribution in [2.24, 2.45) is 0 Å². The van der Waals surface area contributed by atoms with Crippen LogP contribution in [-0.4, -0.2) is 46.9 Å². The Morgan fingerprint density at radius 3 is 1.31 bits per heavy atom. The number of nitrogens with one attached hydrogen (secondary N) is 1. The van der Waals surface area contributed by atoms with Gasteiger partial charge in [0.1, 0.15) is 6.10 Å². The van der Waals surface area contributed by atoms with Gasteiger partial charge < -0.3 is 20.3 Å². The molecule has 0 aliphatic heterocycles. The molecule has 364 valence electrons. The summed E-state index contributed by atoms with van der Waals surface area (Å²) in [6, 6.07) is -0.737. The van der Waals surface area contributed by atoms with Gasteiger partial charge in [0.05, 0.1) is 25.2 Å². The molecule has 0 saturated carbocycles. The summed E-state index contributed by atoms with van der Waals surface area (Å²) in [6.07, 6.45) is 68.7. The van der Waals surface area contributed by atoms with E-state index >= 15 is 0 Å². The standard InChI is InChI=1S/C58H97NO5/c1-4-7-10-13-16-19-22-24-26-28-30-32-35-37-40-43-46-49-54(52-57(62)59-55(53-60)56(61)50-47-44-41-38-34-21-18-15-12-9-6-3)64-58(63)51-48-45-42-39-36-33-31-29-27-25-23-20-17-14-11-8-5-2/h7,10,16-17,19-20,24-27,30-33,37,39-40,42,54-56,60-61H,4-6,8-9,11-15,18,21-23,28-29,34-36,38,41,43-53H2,1-3H3,(H,59,62)/b10-7-,19-16-,20-17-,26-24-,27-25-,32-30-,33-31-,40-37-,42-39-. The Morgan fingerprint density at radius 2 is 0.859 bits per heavy atom. The van der Waals surface area contributed by atoms with Gasteiger partial charge in [0.2, 0.25) is 5.91 Å². The molecule has 3 N–H and O–H groups in total. The van der Waals surface area contributed by atoms with Crippen LogP contribution in [0.4, 0.5) is 0 Å². The van der Waals surface area contributed by atoms with Crippen molar-refractivity contribution >= 4 is 11.9 Å². The number of hydrogen-bond donors (Lipinski definition) is 3. The maximum absolute atomic E-state index is 13.2. The molecule has 3 unspecified atom stereocenters. The summed E-state index contributed by atoms with van der Waals surface area (Å²) < 4.78 is 5.88. The van der Waals surface area contributed by atoms with Crippen molar-refractivity contribution in [3.8, 4) is 0 Å². The molecule has 0 aliphatic carbocycles. The van der Waals surface area contributed by atoms with Gasteiger partial charge in [-0.15, -0.1) is 0 Å². The number of esters is 1. The topological polar surface area (TPSA) is 95.9 Å². The number of allylic oxidation sites excluding steroid dienone is 18. The number of carbonyl (C=O) groups excluding carboxylic acids is 2. The van der Waals surface area contributed by atoms with Gasteiger partial charge in [-0.1, -0.05) is 214 Å². The quantitative estimate of drug-likeness (QED) is 0.0322. The van der Waals surface area contributed by atoms with Crippen LogP contribution in [0, 0.1) is 0 Å². The van der Waals surface area contributed by atoms with E-state index in [-0.39, 0.29) is 24.9 Å². The number of aliphatic hydroxyl groups is 2. The van der Waals surface area contributed by atoms with Crippen LogP contribution < -0.4 is 5.32 Å². The monoisotopic (exact) mass is 888 g/mol. The first-order valence-electron chi connectivity index (χ1n) is 26.1. The van der Waals surface area contributed by atoms with Crippen molar-refractivity contribution < 1.29 is 24.5 Å². The van der Waals surface area contributed by atoms with Gasteiger partial charge in [-0.25, -0.2) is 0 Å². The molecule has 0 fully saturated rings. The number of carbonyl (C=O) groups is 2. The molecule has 6 heteroatoms. The lowest BCUT2D eigenvalue weighted by Gasteiger charge is -2.24. The lowest BCUT2D eigenvalue weighted by Crippen LogP contribution is -2.46. The molecule has 0 heterocycles. The Kier molecular flexibility index (Phi) is 47.8. The Morgan fingerprint density at radius 1 is 0.469 bits per heavy atom. The summed E-state index contributed by atoms with van der Waals surface area (Å²) in [5.41, 5.74) is 0. The Hall–Kier alpha value is -3.48. The van der Waals surface area contributed by atoms with Crippen LogP contribution >= 0.6 is 0 Å². The van der Waals surface area contributed by atoms with E-state index in [0.717, 1.165) is 89.9 Å². The summed E-state index contributed by atoms with van der Waals surface area (Å²) in [4.78, 5) is 26.1. The Balaban J connectivity index is 4.82. The molecular formula is C58H97NO5. The maximum Gasteiger partial charge on any atom is 0.306 e. The van der Waals surface area contributed by atoms with Crippen molar-refractivity contribution in [2.45, 2.75) is 238 Å². The molecule has 1 amide bonds. The molecule has 64 heavy (non-hydrogen) atoms. The van der Waals surface area contributed by atoms with Gasteiger partial charge in [-0.3, -0.25) is 9.59 Å². The van der Waals surface area contributed by atoms with E-state index < -0.39 is 18.2 Å². The normalized spacial score (nSPS) is 14.1. The van der Waals surface area contributed by atoms with E-state index in [1.807, 2.05) is 0 Å². The molecule has 0 spiro atoms. The predicted octanol–water partition coefficient (Wildman–Crippen LogP) is 15.9. The number of ether oxygens (including phenoxy) is 1. The van der Waals surface area contributed by atoms with Crippen molar-refractivity contribution in [1.82, 2.24) is 5.32 Å². The van der Waals surface area contributed by atoms with Crippen molar-refractivity contribution in [2.75, 3.05) is 6.61 Å². The van der Waals surface area contributed by atoms with Gasteiger partial charge >= 0.3 is 5.97 Å². The summed E-state index contributed by atoms with van der Waals surface area (Å²) >= 11 is 0. The number of aliphatic hydroxyl groups excluding tert-OH is 2. The van der Waals surface area contributed by atoms with Gasteiger partial charge in [0.15, 0.2) is 0 Å². The minimum atomic E-state index is -0.818. The largest absolute Gasteiger partial charge is 0.462 e. The van der Waals surface area contributed by atoms with E-state index in [4.69, 9.17) is 4.74 Å².